The zero-order valence-corrected chi connectivity index (χ0v) is 40.4. The molecule has 0 unspecified atom stereocenters. The van der Waals surface area contributed by atoms with Crippen LogP contribution in [0.2, 0.25) is 0 Å². The molecule has 0 saturated carbocycles. The van der Waals surface area contributed by atoms with Crippen molar-refractivity contribution in [2.45, 2.75) is 220 Å². The van der Waals surface area contributed by atoms with Crippen molar-refractivity contribution in [3.63, 3.8) is 0 Å². The highest BCUT2D eigenvalue weighted by Gasteiger charge is 2.38. The zero-order chi connectivity index (χ0) is 45.4. The van der Waals surface area contributed by atoms with E-state index in [-0.39, 0.29) is 87.8 Å². The van der Waals surface area contributed by atoms with Gasteiger partial charge in [-0.25, -0.2) is 0 Å². The van der Waals surface area contributed by atoms with Gasteiger partial charge < -0.3 is 28.6 Å². The van der Waals surface area contributed by atoms with Gasteiger partial charge in [-0.3, -0.25) is 24.0 Å². The second kappa shape index (κ2) is 40.1. The van der Waals surface area contributed by atoms with Gasteiger partial charge in [-0.2, -0.15) is 0 Å². The van der Waals surface area contributed by atoms with Crippen LogP contribution in [-0.4, -0.2) is 88.9 Å². The minimum atomic E-state index is -1.26. The third kappa shape index (κ3) is 35.5. The summed E-state index contributed by atoms with van der Waals surface area (Å²) in [6, 6.07) is 0. The maximum atomic E-state index is 13.6. The number of esters is 5. The molecule has 0 saturated heterocycles. The molecule has 0 fully saturated rings. The average Bonchev–Trinajstić information content (AvgIpc) is 3.23. The quantitative estimate of drug-likeness (QED) is 0.0329. The van der Waals surface area contributed by atoms with Crippen molar-refractivity contribution < 1.29 is 47.7 Å². The van der Waals surface area contributed by atoms with Crippen molar-refractivity contribution in [2.75, 3.05) is 54.2 Å². The first-order valence-electron chi connectivity index (χ1n) is 24.8. The first-order chi connectivity index (χ1) is 29.4. The Hall–Kier alpha value is -2.69. The number of carbonyl (C=O) groups excluding carboxylic acids is 5. The predicted octanol–water partition coefficient (Wildman–Crippen LogP) is 11.9. The molecule has 0 aromatic rings. The molecule has 0 aromatic heterocycles. The van der Waals surface area contributed by atoms with Crippen LogP contribution >= 0.6 is 0 Å². The monoisotopic (exact) mass is 868 g/mol. The minimum Gasteiger partial charge on any atom is -0.469 e. The number of unbranched alkanes of at least 4 members (excludes halogenated alkanes) is 15. The van der Waals surface area contributed by atoms with Crippen LogP contribution in [0, 0.1) is 17.3 Å². The lowest BCUT2D eigenvalue weighted by molar-refractivity contribution is -0.171. The van der Waals surface area contributed by atoms with Crippen LogP contribution < -0.4 is 0 Å². The lowest BCUT2D eigenvalue weighted by Gasteiger charge is -2.32. The average molecular weight is 868 g/mol. The molecule has 11 nitrogen and oxygen atoms in total. The van der Waals surface area contributed by atoms with E-state index in [1.165, 1.54) is 7.11 Å². The molecule has 0 spiro atoms. The molecule has 0 aliphatic heterocycles. The lowest BCUT2D eigenvalue weighted by Crippen LogP contribution is -2.44. The highest BCUT2D eigenvalue weighted by atomic mass is 16.6. The Morgan fingerprint density at radius 1 is 0.410 bits per heavy atom. The first kappa shape index (κ1) is 58.3. The molecule has 0 atom stereocenters. The summed E-state index contributed by atoms with van der Waals surface area (Å²) in [5.74, 6) is -1.20. The van der Waals surface area contributed by atoms with E-state index in [0.717, 1.165) is 154 Å². The van der Waals surface area contributed by atoms with Crippen LogP contribution in [0.4, 0.5) is 0 Å². The van der Waals surface area contributed by atoms with Crippen molar-refractivity contribution in [2.24, 2.45) is 17.3 Å². The maximum Gasteiger partial charge on any atom is 0.306 e. The van der Waals surface area contributed by atoms with Crippen molar-refractivity contribution in [1.29, 1.82) is 0 Å². The van der Waals surface area contributed by atoms with E-state index in [1.54, 1.807) is 0 Å². The Kier molecular flexibility index (Phi) is 38.3. The van der Waals surface area contributed by atoms with Crippen LogP contribution in [0.5, 0.6) is 0 Å². The number of ether oxygens (including phenoxy) is 5. The third-order valence-corrected chi connectivity index (χ3v) is 11.7. The maximum absolute atomic E-state index is 13.6. The van der Waals surface area contributed by atoms with E-state index in [4.69, 9.17) is 23.7 Å². The Bertz CT molecular complexity index is 1050. The van der Waals surface area contributed by atoms with Gasteiger partial charge in [-0.15, -0.1) is 0 Å². The Labute approximate surface area is 373 Å². The van der Waals surface area contributed by atoms with Crippen molar-refractivity contribution >= 4 is 29.8 Å². The molecule has 0 rings (SSSR count). The van der Waals surface area contributed by atoms with E-state index in [9.17, 15) is 24.0 Å². The van der Waals surface area contributed by atoms with Gasteiger partial charge in [0.1, 0.15) is 31.8 Å². The smallest absolute Gasteiger partial charge is 0.306 e. The Morgan fingerprint density at radius 2 is 0.721 bits per heavy atom. The summed E-state index contributed by atoms with van der Waals surface area (Å²) in [6.07, 6.45) is 26.7. The summed E-state index contributed by atoms with van der Waals surface area (Å²) in [7, 11) is 5.31. The number of rotatable bonds is 43. The van der Waals surface area contributed by atoms with Crippen LogP contribution in [-0.2, 0) is 47.7 Å². The number of carbonyl (C=O) groups is 5. The highest BCUT2D eigenvalue weighted by Crippen LogP contribution is 2.27. The second-order valence-corrected chi connectivity index (χ2v) is 18.1. The van der Waals surface area contributed by atoms with Gasteiger partial charge in [0.25, 0.3) is 0 Å². The van der Waals surface area contributed by atoms with Crippen molar-refractivity contribution in [1.82, 2.24) is 4.90 Å². The Morgan fingerprint density at radius 3 is 1.05 bits per heavy atom. The minimum absolute atomic E-state index is 0.165. The molecule has 0 amide bonds. The third-order valence-electron chi connectivity index (χ3n) is 11.7. The summed E-state index contributed by atoms with van der Waals surface area (Å²) in [5.41, 5.74) is -1.26. The highest BCUT2D eigenvalue weighted by molar-refractivity contribution is 5.71. The molecule has 0 aromatic carbocycles. The molecule has 0 aliphatic carbocycles. The second-order valence-electron chi connectivity index (χ2n) is 18.1. The van der Waals surface area contributed by atoms with Crippen LogP contribution in [0.15, 0.2) is 0 Å². The molecule has 0 radical (unpaired) electrons. The van der Waals surface area contributed by atoms with E-state index >= 15 is 0 Å². The van der Waals surface area contributed by atoms with Gasteiger partial charge in [0.15, 0.2) is 0 Å². The topological polar surface area (TPSA) is 135 Å². The molecule has 0 heterocycles. The van der Waals surface area contributed by atoms with E-state index in [2.05, 4.69) is 27.7 Å². The molecule has 61 heavy (non-hydrogen) atoms. The Balaban J connectivity index is 5.99. The number of methoxy groups -OCH3 is 1. The molecule has 0 aliphatic rings. The standard InChI is InChI=1S/C50H93NO10/c1-8-12-22-29-43(30-23-13-9-2)37-48(55)60-41-50(40-59-47(54)35-28-36-51(5)6,42-61-49(56)38-44(31-24-14-10-3)32-25-15-11-4)39-58-46(53)34-27-21-19-17-16-18-20-26-33-45(52)57-7/h43-44H,8-42H2,1-7H3. The normalized spacial score (nSPS) is 11.6. The van der Waals surface area contributed by atoms with Gasteiger partial charge in [-0.05, 0) is 77.4 Å². The summed E-state index contributed by atoms with van der Waals surface area (Å²) in [5, 5.41) is 0. The zero-order valence-electron chi connectivity index (χ0n) is 40.4. The molecule has 11 heteroatoms. The first-order valence-corrected chi connectivity index (χ1v) is 24.8. The number of nitrogens with zero attached hydrogens (tertiary/aromatic N) is 1. The van der Waals surface area contributed by atoms with Crippen molar-refractivity contribution in [3.8, 4) is 0 Å². The summed E-state index contributed by atoms with van der Waals surface area (Å²) < 4.78 is 28.4. The van der Waals surface area contributed by atoms with Gasteiger partial charge in [-0.1, -0.05) is 143 Å². The summed E-state index contributed by atoms with van der Waals surface area (Å²) >= 11 is 0. The fraction of sp³-hybridized carbons (Fsp3) is 0.900. The largest absolute Gasteiger partial charge is 0.469 e. The summed E-state index contributed by atoms with van der Waals surface area (Å²) in [4.78, 5) is 66.6. The van der Waals surface area contributed by atoms with Crippen LogP contribution in [0.3, 0.4) is 0 Å². The van der Waals surface area contributed by atoms with Gasteiger partial charge in [0.05, 0.1) is 7.11 Å². The number of hydrogen-bond donors (Lipinski definition) is 0. The van der Waals surface area contributed by atoms with E-state index in [1.807, 2.05) is 19.0 Å². The van der Waals surface area contributed by atoms with Crippen LogP contribution in [0.1, 0.15) is 220 Å². The SMILES string of the molecule is CCCCCC(CCCCC)CC(=O)OCC(COC(=O)CCCCCCCCCCC(=O)OC)(COC(=O)CCCN(C)C)COC(=O)CC(CCCCC)CCCCC. The van der Waals surface area contributed by atoms with Gasteiger partial charge in [0, 0.05) is 32.1 Å². The van der Waals surface area contributed by atoms with E-state index < -0.39 is 11.4 Å². The fourth-order valence-corrected chi connectivity index (χ4v) is 7.59. The lowest BCUT2D eigenvalue weighted by atomic mass is 9.90. The van der Waals surface area contributed by atoms with Gasteiger partial charge in [0.2, 0.25) is 0 Å². The fourth-order valence-electron chi connectivity index (χ4n) is 7.59. The van der Waals surface area contributed by atoms with Crippen molar-refractivity contribution in [3.05, 3.63) is 0 Å². The molecule has 0 bridgehead atoms. The summed E-state index contributed by atoms with van der Waals surface area (Å²) in [6.45, 7) is 8.59. The molecular weight excluding hydrogens is 775 g/mol. The molecule has 358 valence electrons. The van der Waals surface area contributed by atoms with Crippen LogP contribution in [0.25, 0.3) is 0 Å². The predicted molar refractivity (Wildman–Crippen MR) is 245 cm³/mol. The molecule has 0 N–H and O–H groups in total. The number of hydrogen-bond acceptors (Lipinski definition) is 11. The molecular formula is C50H93NO10. The van der Waals surface area contributed by atoms with Gasteiger partial charge >= 0.3 is 29.8 Å². The van der Waals surface area contributed by atoms with E-state index in [0.29, 0.717) is 19.3 Å².